The number of amides is 12. The number of rotatable bonds is 44. The van der Waals surface area contributed by atoms with E-state index in [0.717, 1.165) is 0 Å². The van der Waals surface area contributed by atoms with Crippen molar-refractivity contribution in [3.8, 4) is 5.75 Å². The zero-order chi connectivity index (χ0) is 78.6. The molecule has 11 atom stereocenters. The largest absolute Gasteiger partial charge is 0.508 e. The van der Waals surface area contributed by atoms with E-state index in [2.05, 4.69) is 88.4 Å². The predicted molar refractivity (Wildman–Crippen MR) is 386 cm³/mol. The molecule has 0 aliphatic carbocycles. The van der Waals surface area contributed by atoms with Crippen LogP contribution in [0.4, 0.5) is 0 Å². The molecule has 574 valence electrons. The minimum Gasteiger partial charge on any atom is -0.508 e. The zero-order valence-electron chi connectivity index (χ0n) is 58.1. The van der Waals surface area contributed by atoms with Crippen molar-refractivity contribution in [1.29, 1.82) is 0 Å². The number of aliphatic carboxylic acids is 4. The predicted octanol–water partition coefficient (Wildman–Crippen LogP) is -2.60. The number of H-pyrrole nitrogens is 2. The van der Waals surface area contributed by atoms with E-state index in [9.17, 15) is 102 Å². The Morgan fingerprint density at radius 1 is 0.425 bits per heavy atom. The number of benzene rings is 3. The average molecular weight is 1520 g/mol. The number of hydrogen-bond acceptors (Lipinski definition) is 20. The van der Waals surface area contributed by atoms with Crippen molar-refractivity contribution in [2.75, 3.05) is 18.1 Å². The van der Waals surface area contributed by atoms with E-state index in [4.69, 9.17) is 11.5 Å². The van der Waals surface area contributed by atoms with Crippen LogP contribution >= 0.6 is 25.3 Å². The fourth-order valence-corrected chi connectivity index (χ4v) is 11.5. The van der Waals surface area contributed by atoms with Crippen LogP contribution < -0.4 is 70.0 Å². The number of carboxylic acids is 4. The minimum absolute atomic E-state index is 0.0183. The Labute approximate surface area is 617 Å². The van der Waals surface area contributed by atoms with Gasteiger partial charge in [-0.1, -0.05) is 76.2 Å². The summed E-state index contributed by atoms with van der Waals surface area (Å²) in [5.41, 5.74) is 13.9. The molecule has 0 bridgehead atoms. The van der Waals surface area contributed by atoms with E-state index < -0.39 is 224 Å². The summed E-state index contributed by atoms with van der Waals surface area (Å²) >= 11 is 8.41. The maximum Gasteiger partial charge on any atom is 0.326 e. The number of aromatic nitrogens is 2. The number of nitrogens with two attached hydrogens (primary N) is 2. The number of aromatic amines is 2. The summed E-state index contributed by atoms with van der Waals surface area (Å²) in [5.74, 6) is -21.3. The number of phenols is 1. The second kappa shape index (κ2) is 41.3. The Hall–Kier alpha value is -11.3. The lowest BCUT2D eigenvalue weighted by atomic mass is 9.99. The normalized spacial score (nSPS) is 14.3. The molecule has 36 nitrogen and oxygen atoms in total. The van der Waals surface area contributed by atoms with Gasteiger partial charge in [0.2, 0.25) is 70.9 Å². The highest BCUT2D eigenvalue weighted by Crippen LogP contribution is 2.22. The summed E-state index contributed by atoms with van der Waals surface area (Å²) < 4.78 is 0. The first-order chi connectivity index (χ1) is 50.0. The molecular formula is C68H89N15O21S2. The van der Waals surface area contributed by atoms with Gasteiger partial charge in [-0.05, 0) is 72.1 Å². The maximum absolute atomic E-state index is 15.0. The van der Waals surface area contributed by atoms with E-state index in [1.165, 1.54) is 24.3 Å². The van der Waals surface area contributed by atoms with Crippen LogP contribution in [0.5, 0.6) is 5.75 Å². The Morgan fingerprint density at radius 2 is 0.811 bits per heavy atom. The van der Waals surface area contributed by atoms with Gasteiger partial charge in [-0.2, -0.15) is 25.3 Å². The Morgan fingerprint density at radius 3 is 1.24 bits per heavy atom. The molecule has 106 heavy (non-hydrogen) atoms. The van der Waals surface area contributed by atoms with Crippen LogP contribution in [0, 0.1) is 11.8 Å². The molecule has 0 saturated heterocycles. The van der Waals surface area contributed by atoms with Crippen LogP contribution in [0.2, 0.25) is 0 Å². The van der Waals surface area contributed by atoms with Crippen LogP contribution in [0.15, 0.2) is 85.2 Å². The molecule has 0 radical (unpaired) electrons. The van der Waals surface area contributed by atoms with Crippen LogP contribution in [0.25, 0.3) is 21.8 Å². The quantitative estimate of drug-likeness (QED) is 0.0178. The van der Waals surface area contributed by atoms with Gasteiger partial charge in [0.25, 0.3) is 0 Å². The molecule has 0 saturated carbocycles. The smallest absolute Gasteiger partial charge is 0.326 e. The number of phenolic OH excluding ortho intramolecular Hbond substituents is 1. The van der Waals surface area contributed by atoms with Gasteiger partial charge >= 0.3 is 23.9 Å². The number of para-hydroxylation sites is 2. The monoisotopic (exact) mass is 1520 g/mol. The molecule has 5 aromatic rings. The van der Waals surface area contributed by atoms with E-state index in [0.29, 0.717) is 32.9 Å². The third-order valence-electron chi connectivity index (χ3n) is 16.3. The Balaban J connectivity index is 1.40. The van der Waals surface area contributed by atoms with Gasteiger partial charge in [0, 0.05) is 71.4 Å². The van der Waals surface area contributed by atoms with Crippen LogP contribution in [0.3, 0.4) is 0 Å². The minimum atomic E-state index is -2.08. The number of carboxylic acid groups (broad SMARTS) is 4. The van der Waals surface area contributed by atoms with Gasteiger partial charge in [0.15, 0.2) is 0 Å². The highest BCUT2D eigenvalue weighted by Gasteiger charge is 2.38. The summed E-state index contributed by atoms with van der Waals surface area (Å²) in [6, 6.07) is 0.792. The van der Waals surface area contributed by atoms with Crippen molar-refractivity contribution < 1.29 is 102 Å². The standard InChI is InChI=1S/C68H89N15O21S2/c1-32(2)19-40(69)58(93)76-46(22-35-27-71-41-11-7-5-9-38(35)41)62(97)81-49(26-57(91)92)65(100)83-52(31-106)67(102)79-47(23-36-28-72-42-12-8-6-10-39(36)42)63(98)77-44(20-33(3)4)60(95)78-45(21-34-13-15-37(84)16-14-34)61(96)80-48(25-56(89)90)64(99)82-51(30-105)66(101)75-43(17-18-55(87)88)59(94)73-29-54(86)74-50(68(103)104)24-53(70)85/h5-16,27-28,32-33,40,43-52,71-72,84,105-106H,17-26,29-31,69H2,1-4H3,(H2,70,85)(H,73,94)(H,74,86)(H,75,101)(H,76,93)(H,77,98)(H,78,95)(H,79,102)(H,80,96)(H,81,97)(H,82,99)(H,83,100)(H,87,88)(H,89,90)(H,91,92)(H,103,104)/t40-,43-,44-,45-,46-,47-,48-,49-,50-,51-,52-/m0/s1. The van der Waals surface area contributed by atoms with E-state index in [-0.39, 0.29) is 42.9 Å². The number of primary amides is 1. The highest BCUT2D eigenvalue weighted by molar-refractivity contribution is 7.80. The number of carbonyl (C=O) groups is 16. The molecule has 0 spiro atoms. The first kappa shape index (κ1) is 85.4. The van der Waals surface area contributed by atoms with Gasteiger partial charge in [0.1, 0.15) is 66.2 Å². The van der Waals surface area contributed by atoms with Gasteiger partial charge in [-0.25, -0.2) is 4.79 Å². The first-order valence-electron chi connectivity index (χ1n) is 33.4. The van der Waals surface area contributed by atoms with Crippen molar-refractivity contribution in [3.05, 3.63) is 102 Å². The maximum atomic E-state index is 15.0. The lowest BCUT2D eigenvalue weighted by molar-refractivity contribution is -0.143. The van der Waals surface area contributed by atoms with E-state index >= 15 is 0 Å². The fraction of sp³-hybridized carbons (Fsp3) is 0.441. The van der Waals surface area contributed by atoms with Crippen molar-refractivity contribution in [2.45, 2.75) is 158 Å². The molecule has 38 heteroatoms. The average Bonchev–Trinajstić information content (AvgIpc) is 1.29. The molecule has 2 heterocycles. The van der Waals surface area contributed by atoms with Gasteiger partial charge < -0.3 is 105 Å². The molecule has 22 N–H and O–H groups in total. The number of fused-ring (bicyclic) bond motifs is 2. The third-order valence-corrected chi connectivity index (χ3v) is 17.0. The second-order valence-electron chi connectivity index (χ2n) is 25.8. The number of aromatic hydroxyl groups is 1. The van der Waals surface area contributed by atoms with Gasteiger partial charge in [-0.3, -0.25) is 71.9 Å². The number of hydrogen-bond donors (Lipinski definition) is 22. The molecule has 2 aromatic heterocycles. The summed E-state index contributed by atoms with van der Waals surface area (Å²) in [7, 11) is 0. The molecule has 0 unspecified atom stereocenters. The van der Waals surface area contributed by atoms with Crippen molar-refractivity contribution >= 4 is 142 Å². The summed E-state index contributed by atoms with van der Waals surface area (Å²) in [6.45, 7) is 6.08. The summed E-state index contributed by atoms with van der Waals surface area (Å²) in [5, 5.41) is 76.2. The molecule has 12 amide bonds. The Kier molecular flexibility index (Phi) is 33.2. The molecular weight excluding hydrogens is 1430 g/mol. The highest BCUT2D eigenvalue weighted by atomic mass is 32.1. The second-order valence-corrected chi connectivity index (χ2v) is 26.5. The molecule has 0 fully saturated rings. The van der Waals surface area contributed by atoms with Crippen LogP contribution in [-0.4, -0.2) is 215 Å². The number of carbonyl (C=O) groups excluding carboxylic acids is 12. The molecule has 3 aromatic carbocycles. The van der Waals surface area contributed by atoms with E-state index in [1.54, 1.807) is 74.8 Å². The van der Waals surface area contributed by atoms with E-state index in [1.807, 2.05) is 19.2 Å². The zero-order valence-corrected chi connectivity index (χ0v) is 59.9. The van der Waals surface area contributed by atoms with Gasteiger partial charge in [0.05, 0.1) is 31.8 Å². The van der Waals surface area contributed by atoms with Crippen LogP contribution in [0.1, 0.15) is 89.3 Å². The van der Waals surface area contributed by atoms with Crippen LogP contribution in [-0.2, 0) is 96.0 Å². The number of nitrogens with one attached hydrogen (secondary N) is 13. The fourth-order valence-electron chi connectivity index (χ4n) is 10.9. The molecule has 0 aliphatic rings. The SMILES string of the molecule is CC(C)C[C@H](NC(=O)[C@H](Cc1c[nH]c2ccccc12)NC(=O)[C@H](CS)NC(=O)[C@H](CC(=O)O)NC(=O)[C@H](Cc1c[nH]c2ccccc12)NC(=O)[C@@H](N)CC(C)C)C(=O)N[C@@H](Cc1ccc(O)cc1)C(=O)N[C@@H](CC(=O)O)C(=O)N[C@@H](CS)C(=O)N[C@@H](CCC(=O)O)C(=O)NCC(=O)N[C@@H](CC(N)=O)C(=O)O. The first-order valence-corrected chi connectivity index (χ1v) is 34.6. The van der Waals surface area contributed by atoms with Crippen molar-refractivity contribution in [2.24, 2.45) is 23.3 Å². The summed E-state index contributed by atoms with van der Waals surface area (Å²) in [6.07, 6.45) is -2.05. The van der Waals surface area contributed by atoms with Crippen molar-refractivity contribution in [3.63, 3.8) is 0 Å². The molecule has 0 aliphatic heterocycles. The van der Waals surface area contributed by atoms with Gasteiger partial charge in [-0.15, -0.1) is 0 Å². The molecule has 5 rings (SSSR count). The lowest BCUT2D eigenvalue weighted by Gasteiger charge is -2.28. The summed E-state index contributed by atoms with van der Waals surface area (Å²) in [4.78, 5) is 220. The topological polar surface area (TPSA) is 590 Å². The van der Waals surface area contributed by atoms with Crippen molar-refractivity contribution in [1.82, 2.24) is 68.5 Å². The third kappa shape index (κ3) is 27.4. The lowest BCUT2D eigenvalue weighted by Crippen LogP contribution is -2.61. The Bertz CT molecular complexity index is 4020. The number of thiol groups is 2.